The zero-order chi connectivity index (χ0) is 18.2. The van der Waals surface area contributed by atoms with Crippen LogP contribution in [0.4, 0.5) is 0 Å². The van der Waals surface area contributed by atoms with Crippen LogP contribution in [0.3, 0.4) is 0 Å². The number of aliphatic hydroxyl groups excluding tert-OH is 2. The zero-order valence-corrected chi connectivity index (χ0v) is 14.4. The van der Waals surface area contributed by atoms with E-state index in [9.17, 15) is 10.2 Å². The fourth-order valence-electron chi connectivity index (χ4n) is 2.54. The van der Waals surface area contributed by atoms with Crippen molar-refractivity contribution in [1.29, 1.82) is 0 Å². The maximum atomic E-state index is 9.89. The molecule has 1 atom stereocenters. The van der Waals surface area contributed by atoms with Crippen LogP contribution in [0, 0.1) is 0 Å². The molecule has 2 N–H and O–H groups in total. The monoisotopic (exact) mass is 350 g/mol. The van der Waals surface area contributed by atoms with E-state index in [1.165, 1.54) is 0 Å². The summed E-state index contributed by atoms with van der Waals surface area (Å²) in [5.41, 5.74) is 2.68. The lowest BCUT2D eigenvalue weighted by atomic mass is 10.1. The summed E-state index contributed by atoms with van der Waals surface area (Å²) in [7, 11) is 0. The van der Waals surface area contributed by atoms with E-state index in [4.69, 9.17) is 9.47 Å². The van der Waals surface area contributed by atoms with Crippen LogP contribution in [0.1, 0.15) is 22.8 Å². The summed E-state index contributed by atoms with van der Waals surface area (Å²) >= 11 is 0. The molecular weight excluding hydrogens is 328 g/mol. The molecular formula is C22H22O4. The first-order valence-electron chi connectivity index (χ1n) is 8.52. The molecule has 0 heterocycles. The van der Waals surface area contributed by atoms with Crippen molar-refractivity contribution in [3.63, 3.8) is 0 Å². The number of benzene rings is 3. The van der Waals surface area contributed by atoms with Gasteiger partial charge in [-0.05, 0) is 28.8 Å². The van der Waals surface area contributed by atoms with Crippen LogP contribution < -0.4 is 9.47 Å². The van der Waals surface area contributed by atoms with Crippen molar-refractivity contribution in [2.45, 2.75) is 19.3 Å². The highest BCUT2D eigenvalue weighted by atomic mass is 16.5. The molecule has 26 heavy (non-hydrogen) atoms. The maximum Gasteiger partial charge on any atom is 0.162 e. The second-order valence-corrected chi connectivity index (χ2v) is 5.95. The van der Waals surface area contributed by atoms with Gasteiger partial charge in [-0.25, -0.2) is 0 Å². The molecule has 3 aromatic rings. The SMILES string of the molecule is OC[C@H](O)c1ccc(OCc2ccccc2)c(OCc2ccccc2)c1. The Hall–Kier alpha value is -2.82. The Balaban J connectivity index is 1.77. The van der Waals surface area contributed by atoms with Gasteiger partial charge in [0.25, 0.3) is 0 Å². The molecule has 3 aromatic carbocycles. The molecule has 134 valence electrons. The zero-order valence-electron chi connectivity index (χ0n) is 14.4. The molecule has 0 amide bonds. The first kappa shape index (κ1) is 18.0. The first-order valence-corrected chi connectivity index (χ1v) is 8.52. The minimum absolute atomic E-state index is 0.345. The maximum absolute atomic E-state index is 9.89. The highest BCUT2D eigenvalue weighted by Gasteiger charge is 2.12. The van der Waals surface area contributed by atoms with Gasteiger partial charge in [-0.1, -0.05) is 66.7 Å². The van der Waals surface area contributed by atoms with Crippen molar-refractivity contribution in [3.05, 3.63) is 95.6 Å². The van der Waals surface area contributed by atoms with Crippen LogP contribution in [-0.4, -0.2) is 16.8 Å². The van der Waals surface area contributed by atoms with Crippen molar-refractivity contribution in [1.82, 2.24) is 0 Å². The van der Waals surface area contributed by atoms with Gasteiger partial charge in [-0.3, -0.25) is 0 Å². The average molecular weight is 350 g/mol. The van der Waals surface area contributed by atoms with E-state index in [1.807, 2.05) is 60.7 Å². The standard InChI is InChI=1S/C22H22O4/c23-14-20(24)19-11-12-21(25-15-17-7-3-1-4-8-17)22(13-19)26-16-18-9-5-2-6-10-18/h1-13,20,23-24H,14-16H2/t20-/m0/s1. The van der Waals surface area contributed by atoms with E-state index in [-0.39, 0.29) is 6.61 Å². The van der Waals surface area contributed by atoms with E-state index in [1.54, 1.807) is 18.2 Å². The van der Waals surface area contributed by atoms with Gasteiger partial charge in [-0.2, -0.15) is 0 Å². The number of aliphatic hydroxyl groups is 2. The van der Waals surface area contributed by atoms with Crippen LogP contribution in [0.2, 0.25) is 0 Å². The van der Waals surface area contributed by atoms with Gasteiger partial charge in [0, 0.05) is 0 Å². The second-order valence-electron chi connectivity index (χ2n) is 5.95. The third-order valence-electron chi connectivity index (χ3n) is 4.00. The highest BCUT2D eigenvalue weighted by molar-refractivity contribution is 5.44. The lowest BCUT2D eigenvalue weighted by molar-refractivity contribution is 0.0952. The molecule has 0 aliphatic heterocycles. The number of rotatable bonds is 8. The van der Waals surface area contributed by atoms with Crippen LogP contribution >= 0.6 is 0 Å². The summed E-state index contributed by atoms with van der Waals surface area (Å²) in [6, 6.07) is 24.9. The van der Waals surface area contributed by atoms with E-state index in [0.29, 0.717) is 30.3 Å². The van der Waals surface area contributed by atoms with Gasteiger partial charge >= 0.3 is 0 Å². The van der Waals surface area contributed by atoms with Crippen molar-refractivity contribution >= 4 is 0 Å². The summed E-state index contributed by atoms with van der Waals surface area (Å²) in [6.45, 7) is 0.466. The number of hydrogen-bond acceptors (Lipinski definition) is 4. The lowest BCUT2D eigenvalue weighted by Gasteiger charge is -2.16. The van der Waals surface area contributed by atoms with Gasteiger partial charge < -0.3 is 19.7 Å². The third-order valence-corrected chi connectivity index (χ3v) is 4.00. The number of ether oxygens (including phenoxy) is 2. The molecule has 0 saturated heterocycles. The van der Waals surface area contributed by atoms with Crippen LogP contribution in [-0.2, 0) is 13.2 Å². The minimum Gasteiger partial charge on any atom is -0.485 e. The van der Waals surface area contributed by atoms with Crippen molar-refractivity contribution in [2.75, 3.05) is 6.61 Å². The molecule has 0 unspecified atom stereocenters. The molecule has 0 saturated carbocycles. The second kappa shape index (κ2) is 9.04. The van der Waals surface area contributed by atoms with Crippen molar-refractivity contribution in [3.8, 4) is 11.5 Å². The Morgan fingerprint density at radius 3 is 1.77 bits per heavy atom. The van der Waals surface area contributed by atoms with E-state index in [0.717, 1.165) is 11.1 Å². The Morgan fingerprint density at radius 2 is 1.23 bits per heavy atom. The highest BCUT2D eigenvalue weighted by Crippen LogP contribution is 2.32. The molecule has 4 nitrogen and oxygen atoms in total. The average Bonchev–Trinajstić information content (AvgIpc) is 2.72. The smallest absolute Gasteiger partial charge is 0.162 e. The van der Waals surface area contributed by atoms with E-state index < -0.39 is 6.10 Å². The van der Waals surface area contributed by atoms with Gasteiger partial charge in [0.2, 0.25) is 0 Å². The van der Waals surface area contributed by atoms with Gasteiger partial charge in [-0.15, -0.1) is 0 Å². The van der Waals surface area contributed by atoms with Crippen LogP contribution in [0.5, 0.6) is 11.5 Å². The Kier molecular flexibility index (Phi) is 6.25. The van der Waals surface area contributed by atoms with E-state index in [2.05, 4.69) is 0 Å². The van der Waals surface area contributed by atoms with Gasteiger partial charge in [0.15, 0.2) is 11.5 Å². The van der Waals surface area contributed by atoms with Crippen LogP contribution in [0.15, 0.2) is 78.9 Å². The first-order chi connectivity index (χ1) is 12.8. The molecule has 0 aliphatic carbocycles. The summed E-state index contributed by atoms with van der Waals surface area (Å²) in [5.74, 6) is 1.13. The molecule has 4 heteroatoms. The summed E-state index contributed by atoms with van der Waals surface area (Å²) in [5, 5.41) is 19.1. The summed E-state index contributed by atoms with van der Waals surface area (Å²) in [6.07, 6.45) is -0.947. The van der Waals surface area contributed by atoms with E-state index >= 15 is 0 Å². The molecule has 0 radical (unpaired) electrons. The fourth-order valence-corrected chi connectivity index (χ4v) is 2.54. The summed E-state index contributed by atoms with van der Waals surface area (Å²) < 4.78 is 11.8. The largest absolute Gasteiger partial charge is 0.485 e. The van der Waals surface area contributed by atoms with Crippen LogP contribution in [0.25, 0.3) is 0 Å². The van der Waals surface area contributed by atoms with Gasteiger partial charge in [0.05, 0.1) is 6.61 Å². The predicted octanol–water partition coefficient (Wildman–Crippen LogP) is 3.87. The predicted molar refractivity (Wildman–Crippen MR) is 100 cm³/mol. The Labute approximate surface area is 153 Å². The molecule has 3 rings (SSSR count). The third kappa shape index (κ3) is 4.85. The van der Waals surface area contributed by atoms with Crippen molar-refractivity contribution < 1.29 is 19.7 Å². The lowest BCUT2D eigenvalue weighted by Crippen LogP contribution is -2.05. The molecule has 0 spiro atoms. The topological polar surface area (TPSA) is 58.9 Å². The normalized spacial score (nSPS) is 11.8. The Morgan fingerprint density at radius 1 is 0.692 bits per heavy atom. The summed E-state index contributed by atoms with van der Waals surface area (Å²) in [4.78, 5) is 0. The van der Waals surface area contributed by atoms with Crippen molar-refractivity contribution in [2.24, 2.45) is 0 Å². The molecule has 0 aliphatic rings. The quantitative estimate of drug-likeness (QED) is 0.647. The Bertz CT molecular complexity index is 803. The number of hydrogen-bond donors (Lipinski definition) is 2. The fraction of sp³-hybridized carbons (Fsp3) is 0.182. The minimum atomic E-state index is -0.947. The molecule has 0 bridgehead atoms. The molecule has 0 aromatic heterocycles. The molecule has 0 fully saturated rings. The van der Waals surface area contributed by atoms with Gasteiger partial charge in [0.1, 0.15) is 19.3 Å².